The summed E-state index contributed by atoms with van der Waals surface area (Å²) >= 11 is 4.10. The minimum absolute atomic E-state index is 0.0701. The van der Waals surface area contributed by atoms with Crippen molar-refractivity contribution in [1.29, 1.82) is 0 Å². The number of thiol groups is 1. The minimum Gasteiger partial charge on any atom is -0.491 e. The molecule has 0 saturated heterocycles. The number of hydrogen-bond acceptors (Lipinski definition) is 5. The third-order valence-electron chi connectivity index (χ3n) is 3.41. The van der Waals surface area contributed by atoms with Gasteiger partial charge in [-0.1, -0.05) is 25.1 Å². The van der Waals surface area contributed by atoms with Crippen LogP contribution in [-0.2, 0) is 9.53 Å². The lowest BCUT2D eigenvalue weighted by atomic mass is 10.1. The number of pyridine rings is 1. The van der Waals surface area contributed by atoms with Crippen molar-refractivity contribution >= 4 is 18.4 Å². The normalized spacial score (nSPS) is 11.9. The number of ketones is 1. The van der Waals surface area contributed by atoms with Crippen molar-refractivity contribution in [3.63, 3.8) is 0 Å². The second-order valence-electron chi connectivity index (χ2n) is 5.22. The van der Waals surface area contributed by atoms with Crippen molar-refractivity contribution in [3.05, 3.63) is 48.8 Å². The molecule has 1 atom stereocenters. The summed E-state index contributed by atoms with van der Waals surface area (Å²) in [6, 6.07) is 11.7. The van der Waals surface area contributed by atoms with Gasteiger partial charge in [-0.05, 0) is 35.1 Å². The van der Waals surface area contributed by atoms with Gasteiger partial charge in [-0.25, -0.2) is 0 Å². The van der Waals surface area contributed by atoms with E-state index in [4.69, 9.17) is 9.47 Å². The van der Waals surface area contributed by atoms with Crippen LogP contribution in [0.25, 0.3) is 11.1 Å². The summed E-state index contributed by atoms with van der Waals surface area (Å²) in [5.74, 6) is 1.32. The van der Waals surface area contributed by atoms with E-state index in [1.807, 2.05) is 49.5 Å². The molecule has 1 aromatic heterocycles. The number of aromatic nitrogens is 1. The zero-order valence-corrected chi connectivity index (χ0v) is 14.0. The Bertz CT molecular complexity index is 601. The fourth-order valence-corrected chi connectivity index (χ4v) is 2.12. The van der Waals surface area contributed by atoms with Crippen molar-refractivity contribution in [2.75, 3.05) is 25.6 Å². The quantitative estimate of drug-likeness (QED) is 0.566. The maximum Gasteiger partial charge on any atom is 0.162 e. The average Bonchev–Trinajstić information content (AvgIpc) is 2.61. The van der Waals surface area contributed by atoms with Crippen LogP contribution in [-0.4, -0.2) is 36.3 Å². The van der Waals surface area contributed by atoms with Crippen LogP contribution in [0.3, 0.4) is 0 Å². The Hall–Kier alpha value is -1.85. The van der Waals surface area contributed by atoms with Gasteiger partial charge in [-0.3, -0.25) is 9.78 Å². The summed E-state index contributed by atoms with van der Waals surface area (Å²) < 4.78 is 10.9. The Morgan fingerprint density at radius 2 is 1.96 bits per heavy atom. The molecule has 0 saturated carbocycles. The van der Waals surface area contributed by atoms with Gasteiger partial charge in [-0.15, -0.1) is 0 Å². The van der Waals surface area contributed by atoms with Gasteiger partial charge in [0.05, 0.1) is 6.61 Å². The Morgan fingerprint density at radius 1 is 1.17 bits per heavy atom. The van der Waals surface area contributed by atoms with E-state index in [0.717, 1.165) is 16.9 Å². The maximum absolute atomic E-state index is 11.6. The minimum atomic E-state index is -0.0701. The SMILES string of the molecule is CC(CS)C(=O)COCCOc1ccc(-c2cccnc2)cc1. The van der Waals surface area contributed by atoms with Crippen molar-refractivity contribution in [2.24, 2.45) is 5.92 Å². The number of ether oxygens (including phenoxy) is 2. The van der Waals surface area contributed by atoms with E-state index in [1.54, 1.807) is 6.20 Å². The number of carbonyl (C=O) groups excluding carboxylic acids is 1. The van der Waals surface area contributed by atoms with E-state index in [0.29, 0.717) is 19.0 Å². The lowest BCUT2D eigenvalue weighted by molar-refractivity contribution is -0.126. The molecule has 0 fully saturated rings. The van der Waals surface area contributed by atoms with Crippen molar-refractivity contribution < 1.29 is 14.3 Å². The Balaban J connectivity index is 1.72. The number of hydrogen-bond donors (Lipinski definition) is 1. The van der Waals surface area contributed by atoms with Gasteiger partial charge in [0.1, 0.15) is 19.0 Å². The molecule has 1 unspecified atom stereocenters. The van der Waals surface area contributed by atoms with Gasteiger partial charge >= 0.3 is 0 Å². The van der Waals surface area contributed by atoms with Crippen LogP contribution in [0, 0.1) is 5.92 Å². The highest BCUT2D eigenvalue weighted by atomic mass is 32.1. The fraction of sp³-hybridized carbons (Fsp3) is 0.333. The Kier molecular flexibility index (Phi) is 7.10. The molecule has 0 bridgehead atoms. The van der Waals surface area contributed by atoms with Gasteiger partial charge in [-0.2, -0.15) is 12.6 Å². The summed E-state index contributed by atoms with van der Waals surface area (Å²) in [6.07, 6.45) is 3.58. The zero-order valence-electron chi connectivity index (χ0n) is 13.1. The Morgan fingerprint density at radius 3 is 2.61 bits per heavy atom. The van der Waals surface area contributed by atoms with E-state index in [9.17, 15) is 4.79 Å². The predicted octanol–water partition coefficient (Wildman–Crippen LogP) is 3.28. The first kappa shape index (κ1) is 17.5. The summed E-state index contributed by atoms with van der Waals surface area (Å²) in [7, 11) is 0. The lowest BCUT2D eigenvalue weighted by Gasteiger charge is -2.09. The number of benzene rings is 1. The molecule has 2 rings (SSSR count). The molecular weight excluding hydrogens is 310 g/mol. The van der Waals surface area contributed by atoms with Crippen LogP contribution < -0.4 is 4.74 Å². The number of nitrogens with zero attached hydrogens (tertiary/aromatic N) is 1. The highest BCUT2D eigenvalue weighted by Crippen LogP contribution is 2.21. The highest BCUT2D eigenvalue weighted by Gasteiger charge is 2.10. The van der Waals surface area contributed by atoms with Gasteiger partial charge in [0.15, 0.2) is 5.78 Å². The van der Waals surface area contributed by atoms with Gasteiger partial charge in [0.2, 0.25) is 0 Å². The molecule has 0 radical (unpaired) electrons. The molecule has 1 heterocycles. The molecule has 5 heteroatoms. The first-order valence-electron chi connectivity index (χ1n) is 7.55. The summed E-state index contributed by atoms with van der Waals surface area (Å²) in [5, 5.41) is 0. The van der Waals surface area contributed by atoms with E-state index >= 15 is 0 Å². The molecule has 0 aliphatic heterocycles. The Labute approximate surface area is 142 Å². The number of rotatable bonds is 9. The third-order valence-corrected chi connectivity index (χ3v) is 3.96. The van der Waals surface area contributed by atoms with Gasteiger partial charge < -0.3 is 9.47 Å². The van der Waals surface area contributed by atoms with Crippen LogP contribution in [0.5, 0.6) is 5.75 Å². The van der Waals surface area contributed by atoms with Crippen molar-refractivity contribution in [1.82, 2.24) is 4.98 Å². The number of carbonyl (C=O) groups is 1. The maximum atomic E-state index is 11.6. The largest absolute Gasteiger partial charge is 0.491 e. The topological polar surface area (TPSA) is 48.4 Å². The molecule has 0 aliphatic rings. The first-order valence-corrected chi connectivity index (χ1v) is 8.18. The van der Waals surface area contributed by atoms with Crippen LogP contribution in [0.2, 0.25) is 0 Å². The second-order valence-corrected chi connectivity index (χ2v) is 5.58. The summed E-state index contributed by atoms with van der Waals surface area (Å²) in [5.41, 5.74) is 2.16. The predicted molar refractivity (Wildman–Crippen MR) is 94.0 cm³/mol. The van der Waals surface area contributed by atoms with E-state index < -0.39 is 0 Å². The van der Waals surface area contributed by atoms with Gasteiger partial charge in [0, 0.05) is 18.3 Å². The molecule has 1 aromatic carbocycles. The van der Waals surface area contributed by atoms with Crippen LogP contribution in [0.1, 0.15) is 6.92 Å². The molecule has 4 nitrogen and oxygen atoms in total. The standard InChI is InChI=1S/C18H21NO3S/c1-14(13-23)18(20)12-21-9-10-22-17-6-4-15(5-7-17)16-3-2-8-19-11-16/h2-8,11,14,23H,9-10,12-13H2,1H3. The van der Waals surface area contributed by atoms with E-state index in [1.165, 1.54) is 0 Å². The average molecular weight is 331 g/mol. The smallest absolute Gasteiger partial charge is 0.162 e. The molecule has 0 N–H and O–H groups in total. The van der Waals surface area contributed by atoms with Crippen LogP contribution in [0.15, 0.2) is 48.8 Å². The fourth-order valence-electron chi connectivity index (χ4n) is 1.91. The monoisotopic (exact) mass is 331 g/mol. The van der Waals surface area contributed by atoms with Crippen LogP contribution in [0.4, 0.5) is 0 Å². The summed E-state index contributed by atoms with van der Waals surface area (Å²) in [6.45, 7) is 2.76. The van der Waals surface area contributed by atoms with E-state index in [2.05, 4.69) is 17.6 Å². The number of Topliss-reactive ketones (excluding diaryl/α,β-unsaturated/α-hetero) is 1. The zero-order chi connectivity index (χ0) is 16.5. The second kappa shape index (κ2) is 9.33. The lowest BCUT2D eigenvalue weighted by Crippen LogP contribution is -2.20. The first-order chi connectivity index (χ1) is 11.2. The van der Waals surface area contributed by atoms with Crippen molar-refractivity contribution in [2.45, 2.75) is 6.92 Å². The highest BCUT2D eigenvalue weighted by molar-refractivity contribution is 7.80. The molecule has 0 amide bonds. The van der Waals surface area contributed by atoms with Crippen LogP contribution >= 0.6 is 12.6 Å². The molecule has 0 spiro atoms. The molecule has 122 valence electrons. The molecule has 2 aromatic rings. The van der Waals surface area contributed by atoms with E-state index in [-0.39, 0.29) is 18.3 Å². The molecular formula is C18H21NO3S. The third kappa shape index (κ3) is 5.69. The van der Waals surface area contributed by atoms with Crippen molar-refractivity contribution in [3.8, 4) is 16.9 Å². The molecule has 23 heavy (non-hydrogen) atoms. The molecule has 0 aliphatic carbocycles. The summed E-state index contributed by atoms with van der Waals surface area (Å²) in [4.78, 5) is 15.7. The van der Waals surface area contributed by atoms with Gasteiger partial charge in [0.25, 0.3) is 0 Å².